The summed E-state index contributed by atoms with van der Waals surface area (Å²) < 4.78 is 7.14. The number of rotatable bonds is 5. The third-order valence-electron chi connectivity index (χ3n) is 4.58. The van der Waals surface area contributed by atoms with Crippen LogP contribution in [0.4, 0.5) is 0 Å². The molecule has 0 aliphatic carbocycles. The van der Waals surface area contributed by atoms with Gasteiger partial charge in [0.1, 0.15) is 0 Å². The Balaban J connectivity index is 0.000000817. The van der Waals surface area contributed by atoms with Crippen molar-refractivity contribution in [1.29, 1.82) is 0 Å². The maximum absolute atomic E-state index is 12.7. The Hall–Kier alpha value is -2.94. The minimum absolute atomic E-state index is 0.00551. The van der Waals surface area contributed by atoms with Crippen LogP contribution in [-0.2, 0) is 21.7 Å². The number of pyridine rings is 1. The lowest BCUT2D eigenvalue weighted by molar-refractivity contribution is -0.133. The summed E-state index contributed by atoms with van der Waals surface area (Å²) in [6.45, 7) is 1.97. The van der Waals surface area contributed by atoms with E-state index in [1.165, 1.54) is 0 Å². The zero-order valence-electron chi connectivity index (χ0n) is 15.5. The van der Waals surface area contributed by atoms with Gasteiger partial charge in [-0.1, -0.05) is 6.07 Å². The second-order valence-electron chi connectivity index (χ2n) is 6.15. The molecule has 1 aliphatic heterocycles. The smallest absolute Gasteiger partial charge is 0.290 e. The molecule has 0 radical (unpaired) electrons. The average molecular weight is 375 g/mol. The average Bonchev–Trinajstić information content (AvgIpc) is 3.24. The molecule has 146 valence electrons. The molecule has 0 saturated carbocycles. The molecule has 0 spiro atoms. The van der Waals surface area contributed by atoms with Crippen LogP contribution < -0.4 is 10.1 Å². The lowest BCUT2D eigenvalue weighted by Gasteiger charge is -2.41. The molecule has 3 heterocycles. The Labute approximate surface area is 158 Å². The fourth-order valence-electron chi connectivity index (χ4n) is 3.46. The second kappa shape index (κ2) is 9.67. The number of methoxy groups -OCH3 is 1. The molecule has 1 aliphatic rings. The van der Waals surface area contributed by atoms with Crippen molar-refractivity contribution < 1.29 is 19.4 Å². The van der Waals surface area contributed by atoms with Crippen molar-refractivity contribution in [3.8, 4) is 5.88 Å². The first-order valence-corrected chi connectivity index (χ1v) is 8.61. The summed E-state index contributed by atoms with van der Waals surface area (Å²) in [6.07, 6.45) is 7.00. The van der Waals surface area contributed by atoms with Crippen molar-refractivity contribution >= 4 is 12.4 Å². The van der Waals surface area contributed by atoms with Gasteiger partial charge in [-0.15, -0.1) is 0 Å². The van der Waals surface area contributed by atoms with Gasteiger partial charge in [-0.05, 0) is 31.5 Å². The number of carbonyl (C=O) groups excluding carboxylic acids is 1. The van der Waals surface area contributed by atoms with Crippen LogP contribution in [0.15, 0.2) is 36.8 Å². The summed E-state index contributed by atoms with van der Waals surface area (Å²) in [4.78, 5) is 27.6. The standard InChI is InChI=1S/C17H23N5O2.CH2O2/c1-18-16(23)17(22-11-5-9-20-22)7-4-10-21(13-17)12-14-6-3-8-19-15(14)24-2;2-1-3/h3,5-6,8-9,11H,4,7,10,12-13H2,1-2H3,(H,18,23);1H,(H,2,3). The molecule has 1 atom stereocenters. The van der Waals surface area contributed by atoms with Crippen molar-refractivity contribution in [3.05, 3.63) is 42.4 Å². The highest BCUT2D eigenvalue weighted by Crippen LogP contribution is 2.30. The van der Waals surface area contributed by atoms with Crippen LogP contribution in [0, 0.1) is 0 Å². The maximum atomic E-state index is 12.7. The van der Waals surface area contributed by atoms with Crippen LogP contribution in [0.2, 0.25) is 0 Å². The molecule has 1 unspecified atom stereocenters. The van der Waals surface area contributed by atoms with Gasteiger partial charge in [0, 0.05) is 44.3 Å². The highest BCUT2D eigenvalue weighted by molar-refractivity contribution is 5.84. The third-order valence-corrected chi connectivity index (χ3v) is 4.58. The fourth-order valence-corrected chi connectivity index (χ4v) is 3.46. The first kappa shape index (κ1) is 20.4. The zero-order chi connectivity index (χ0) is 19.7. The molecule has 27 heavy (non-hydrogen) atoms. The summed E-state index contributed by atoms with van der Waals surface area (Å²) in [5.74, 6) is 0.627. The lowest BCUT2D eigenvalue weighted by Crippen LogP contribution is -2.57. The lowest BCUT2D eigenvalue weighted by atomic mass is 9.87. The van der Waals surface area contributed by atoms with Crippen molar-refractivity contribution in [2.75, 3.05) is 27.2 Å². The minimum Gasteiger partial charge on any atom is -0.483 e. The molecule has 2 aromatic heterocycles. The fraction of sp³-hybridized carbons (Fsp3) is 0.444. The largest absolute Gasteiger partial charge is 0.483 e. The Bertz CT molecular complexity index is 737. The number of piperidine rings is 1. The molecule has 9 heteroatoms. The SMILES string of the molecule is CNC(=O)C1(n2cccn2)CCCN(Cc2cccnc2OC)C1.O=CO. The Morgan fingerprint density at radius 3 is 2.85 bits per heavy atom. The number of ether oxygens (including phenoxy) is 1. The van der Waals surface area contributed by atoms with E-state index in [0.29, 0.717) is 19.0 Å². The van der Waals surface area contributed by atoms with Gasteiger partial charge in [-0.3, -0.25) is 19.2 Å². The first-order chi connectivity index (χ1) is 13.1. The second-order valence-corrected chi connectivity index (χ2v) is 6.15. The van der Waals surface area contributed by atoms with Crippen molar-refractivity contribution in [3.63, 3.8) is 0 Å². The molecule has 0 aromatic carbocycles. The molecule has 3 rings (SSSR count). The monoisotopic (exact) mass is 375 g/mol. The summed E-state index contributed by atoms with van der Waals surface area (Å²) >= 11 is 0. The van der Waals surface area contributed by atoms with Crippen molar-refractivity contribution in [1.82, 2.24) is 25.0 Å². The minimum atomic E-state index is -0.675. The normalized spacial score (nSPS) is 19.5. The topological polar surface area (TPSA) is 110 Å². The van der Waals surface area contributed by atoms with E-state index in [1.54, 1.807) is 31.2 Å². The number of nitrogens with one attached hydrogen (secondary N) is 1. The molecular weight excluding hydrogens is 350 g/mol. The van der Waals surface area contributed by atoms with E-state index >= 15 is 0 Å². The highest BCUT2D eigenvalue weighted by atomic mass is 16.5. The predicted molar refractivity (Wildman–Crippen MR) is 98.3 cm³/mol. The number of amides is 1. The predicted octanol–water partition coefficient (Wildman–Crippen LogP) is 0.725. The van der Waals surface area contributed by atoms with Crippen LogP contribution in [-0.4, -0.2) is 64.4 Å². The van der Waals surface area contributed by atoms with Crippen molar-refractivity contribution in [2.45, 2.75) is 24.9 Å². The Kier molecular flexibility index (Phi) is 7.30. The van der Waals surface area contributed by atoms with Gasteiger partial charge in [0.2, 0.25) is 11.8 Å². The zero-order valence-corrected chi connectivity index (χ0v) is 15.5. The van der Waals surface area contributed by atoms with Crippen molar-refractivity contribution in [2.24, 2.45) is 0 Å². The summed E-state index contributed by atoms with van der Waals surface area (Å²) in [6, 6.07) is 5.77. The molecule has 2 aromatic rings. The number of carbonyl (C=O) groups is 2. The van der Waals surface area contributed by atoms with Crippen LogP contribution in [0.25, 0.3) is 0 Å². The van der Waals surface area contributed by atoms with Gasteiger partial charge >= 0.3 is 0 Å². The van der Waals surface area contributed by atoms with E-state index in [9.17, 15) is 4.79 Å². The Morgan fingerprint density at radius 2 is 2.22 bits per heavy atom. The number of nitrogens with zero attached hydrogens (tertiary/aromatic N) is 4. The van der Waals surface area contributed by atoms with Crippen LogP contribution in [0.1, 0.15) is 18.4 Å². The van der Waals surface area contributed by atoms with E-state index in [0.717, 1.165) is 24.9 Å². The van der Waals surface area contributed by atoms with E-state index in [4.69, 9.17) is 14.6 Å². The van der Waals surface area contributed by atoms with Crippen LogP contribution in [0.3, 0.4) is 0 Å². The van der Waals surface area contributed by atoms with Crippen LogP contribution in [0.5, 0.6) is 5.88 Å². The maximum Gasteiger partial charge on any atom is 0.290 e. The summed E-state index contributed by atoms with van der Waals surface area (Å²) in [5.41, 5.74) is 0.347. The molecule has 9 nitrogen and oxygen atoms in total. The number of hydrogen-bond donors (Lipinski definition) is 2. The van der Waals surface area contributed by atoms with E-state index in [-0.39, 0.29) is 12.4 Å². The number of aromatic nitrogens is 3. The van der Waals surface area contributed by atoms with Gasteiger partial charge in [0.05, 0.1) is 7.11 Å². The van der Waals surface area contributed by atoms with Gasteiger partial charge in [-0.2, -0.15) is 5.10 Å². The first-order valence-electron chi connectivity index (χ1n) is 8.61. The Morgan fingerprint density at radius 1 is 1.44 bits per heavy atom. The molecular formula is C18H25N5O4. The quantitative estimate of drug-likeness (QED) is 0.741. The van der Waals surface area contributed by atoms with Gasteiger partial charge in [0.25, 0.3) is 6.47 Å². The summed E-state index contributed by atoms with van der Waals surface area (Å²) in [7, 11) is 3.30. The van der Waals surface area contributed by atoms with E-state index in [1.807, 2.05) is 24.4 Å². The molecule has 2 N–H and O–H groups in total. The summed E-state index contributed by atoms with van der Waals surface area (Å²) in [5, 5.41) is 14.0. The van der Waals surface area contributed by atoms with Gasteiger partial charge in [0.15, 0.2) is 5.54 Å². The third kappa shape index (κ3) is 4.62. The van der Waals surface area contributed by atoms with Crippen LogP contribution >= 0.6 is 0 Å². The van der Waals surface area contributed by atoms with E-state index in [2.05, 4.69) is 20.3 Å². The molecule has 1 saturated heterocycles. The highest BCUT2D eigenvalue weighted by Gasteiger charge is 2.44. The van der Waals surface area contributed by atoms with Gasteiger partial charge < -0.3 is 15.2 Å². The number of likely N-dealkylation sites (tertiary alicyclic amines) is 1. The van der Waals surface area contributed by atoms with E-state index < -0.39 is 5.54 Å². The van der Waals surface area contributed by atoms with Gasteiger partial charge in [-0.25, -0.2) is 4.98 Å². The number of likely N-dealkylation sites (N-methyl/N-ethyl adjacent to an activating group) is 1. The molecule has 1 amide bonds. The molecule has 0 bridgehead atoms. The number of hydrogen-bond acceptors (Lipinski definition) is 6. The molecule has 1 fully saturated rings. The number of carboxylic acid groups (broad SMARTS) is 1.